The number of hydrogen-bond donors (Lipinski definition) is 1. The first-order valence-corrected chi connectivity index (χ1v) is 7.16. The minimum Gasteiger partial charge on any atom is -0.334 e. The highest BCUT2D eigenvalue weighted by molar-refractivity contribution is 9.11. The van der Waals surface area contributed by atoms with Crippen LogP contribution in [-0.2, 0) is 6.54 Å². The first-order chi connectivity index (χ1) is 8.56. The predicted octanol–water partition coefficient (Wildman–Crippen LogP) is 3.76. The van der Waals surface area contributed by atoms with Gasteiger partial charge in [0.05, 0.1) is 12.1 Å². The molecule has 1 aromatic carbocycles. The molecular formula is C12H13Br2N3O. The zero-order chi connectivity index (χ0) is 13.1. The smallest absolute Gasteiger partial charge is 0.259 e. The molecule has 0 aliphatic heterocycles. The van der Waals surface area contributed by atoms with E-state index < -0.39 is 0 Å². The molecule has 0 aliphatic rings. The standard InChI is InChI=1S/C12H13Br2N3O/c1-7(2)15-6-11-16-12(18-17-11)9-4-3-8(13)5-10(9)14/h3-5,7,15H,6H2,1-2H3. The third-order valence-corrected chi connectivity index (χ3v) is 3.45. The topological polar surface area (TPSA) is 51.0 Å². The van der Waals surface area contributed by atoms with E-state index in [0.717, 1.165) is 14.5 Å². The summed E-state index contributed by atoms with van der Waals surface area (Å²) in [5.41, 5.74) is 0.890. The van der Waals surface area contributed by atoms with E-state index in [1.165, 1.54) is 0 Å². The Bertz CT molecular complexity index is 540. The lowest BCUT2D eigenvalue weighted by molar-refractivity contribution is 0.417. The quantitative estimate of drug-likeness (QED) is 0.885. The maximum absolute atomic E-state index is 5.26. The van der Waals surface area contributed by atoms with Gasteiger partial charge in [0.25, 0.3) is 5.89 Å². The molecule has 0 radical (unpaired) electrons. The van der Waals surface area contributed by atoms with E-state index in [1.54, 1.807) is 0 Å². The number of rotatable bonds is 4. The van der Waals surface area contributed by atoms with Gasteiger partial charge in [-0.2, -0.15) is 4.98 Å². The van der Waals surface area contributed by atoms with Crippen molar-refractivity contribution in [2.75, 3.05) is 0 Å². The third-order valence-electron chi connectivity index (χ3n) is 2.30. The molecule has 18 heavy (non-hydrogen) atoms. The Labute approximate surface area is 122 Å². The zero-order valence-corrected chi connectivity index (χ0v) is 13.2. The Morgan fingerprint density at radius 3 is 2.78 bits per heavy atom. The fourth-order valence-corrected chi connectivity index (χ4v) is 2.61. The Morgan fingerprint density at radius 1 is 1.33 bits per heavy atom. The normalized spacial score (nSPS) is 11.2. The van der Waals surface area contributed by atoms with Crippen LogP contribution >= 0.6 is 31.9 Å². The summed E-state index contributed by atoms with van der Waals surface area (Å²) >= 11 is 6.89. The molecule has 0 amide bonds. The molecule has 0 saturated heterocycles. The molecule has 1 heterocycles. The molecule has 2 aromatic rings. The van der Waals surface area contributed by atoms with Gasteiger partial charge in [0, 0.05) is 15.0 Å². The van der Waals surface area contributed by atoms with Crippen molar-refractivity contribution >= 4 is 31.9 Å². The Hall–Kier alpha value is -0.720. The zero-order valence-electron chi connectivity index (χ0n) is 10.1. The van der Waals surface area contributed by atoms with E-state index in [9.17, 15) is 0 Å². The van der Waals surface area contributed by atoms with E-state index in [0.29, 0.717) is 24.3 Å². The molecular weight excluding hydrogens is 362 g/mol. The Morgan fingerprint density at radius 2 is 2.11 bits per heavy atom. The van der Waals surface area contributed by atoms with Crippen LogP contribution in [0, 0.1) is 0 Å². The monoisotopic (exact) mass is 373 g/mol. The average molecular weight is 375 g/mol. The highest BCUT2D eigenvalue weighted by Gasteiger charge is 2.12. The van der Waals surface area contributed by atoms with Gasteiger partial charge in [0.2, 0.25) is 0 Å². The van der Waals surface area contributed by atoms with Gasteiger partial charge < -0.3 is 9.84 Å². The summed E-state index contributed by atoms with van der Waals surface area (Å²) in [6.07, 6.45) is 0. The molecule has 6 heteroatoms. The minimum absolute atomic E-state index is 0.395. The van der Waals surface area contributed by atoms with Crippen molar-refractivity contribution in [3.8, 4) is 11.5 Å². The Balaban J connectivity index is 2.18. The van der Waals surface area contributed by atoms with Gasteiger partial charge in [0.15, 0.2) is 5.82 Å². The molecule has 2 rings (SSSR count). The fourth-order valence-electron chi connectivity index (χ4n) is 1.39. The van der Waals surface area contributed by atoms with Gasteiger partial charge in [0.1, 0.15) is 0 Å². The van der Waals surface area contributed by atoms with Crippen LogP contribution in [0.3, 0.4) is 0 Å². The number of nitrogens with zero attached hydrogens (tertiary/aromatic N) is 2. The van der Waals surface area contributed by atoms with E-state index in [1.807, 2.05) is 18.2 Å². The molecule has 4 nitrogen and oxygen atoms in total. The summed E-state index contributed by atoms with van der Waals surface area (Å²) in [6, 6.07) is 6.22. The van der Waals surface area contributed by atoms with E-state index >= 15 is 0 Å². The lowest BCUT2D eigenvalue weighted by Crippen LogP contribution is -2.22. The van der Waals surface area contributed by atoms with Crippen LogP contribution < -0.4 is 5.32 Å². The third kappa shape index (κ3) is 3.40. The molecule has 0 unspecified atom stereocenters. The van der Waals surface area contributed by atoms with Gasteiger partial charge in [-0.15, -0.1) is 0 Å². The highest BCUT2D eigenvalue weighted by atomic mass is 79.9. The van der Waals surface area contributed by atoms with E-state index in [4.69, 9.17) is 4.52 Å². The lowest BCUT2D eigenvalue weighted by Gasteiger charge is -2.03. The first kappa shape index (κ1) is 13.7. The maximum atomic E-state index is 5.26. The number of benzene rings is 1. The van der Waals surface area contributed by atoms with Crippen LogP contribution in [0.5, 0.6) is 0 Å². The van der Waals surface area contributed by atoms with E-state index in [2.05, 4.69) is 61.2 Å². The van der Waals surface area contributed by atoms with Crippen LogP contribution in [0.2, 0.25) is 0 Å². The van der Waals surface area contributed by atoms with Gasteiger partial charge in [-0.05, 0) is 34.1 Å². The lowest BCUT2D eigenvalue weighted by atomic mass is 10.2. The van der Waals surface area contributed by atoms with Crippen molar-refractivity contribution in [3.05, 3.63) is 33.0 Å². The van der Waals surface area contributed by atoms with Crippen molar-refractivity contribution in [2.45, 2.75) is 26.4 Å². The minimum atomic E-state index is 0.395. The van der Waals surface area contributed by atoms with Gasteiger partial charge in [-0.1, -0.05) is 34.9 Å². The van der Waals surface area contributed by atoms with Crippen molar-refractivity contribution in [1.82, 2.24) is 15.5 Å². The highest BCUT2D eigenvalue weighted by Crippen LogP contribution is 2.29. The van der Waals surface area contributed by atoms with Crippen LogP contribution in [0.25, 0.3) is 11.5 Å². The van der Waals surface area contributed by atoms with E-state index in [-0.39, 0.29) is 0 Å². The summed E-state index contributed by atoms with van der Waals surface area (Å²) in [4.78, 5) is 4.36. The van der Waals surface area contributed by atoms with Crippen molar-refractivity contribution < 1.29 is 4.52 Å². The molecule has 96 valence electrons. The van der Waals surface area contributed by atoms with Crippen molar-refractivity contribution in [2.24, 2.45) is 0 Å². The number of halogens is 2. The van der Waals surface area contributed by atoms with Crippen LogP contribution in [-0.4, -0.2) is 16.2 Å². The summed E-state index contributed by atoms with van der Waals surface area (Å²) in [5, 5.41) is 7.19. The molecule has 0 saturated carbocycles. The second-order valence-electron chi connectivity index (χ2n) is 4.18. The second kappa shape index (κ2) is 5.95. The van der Waals surface area contributed by atoms with Crippen LogP contribution in [0.4, 0.5) is 0 Å². The molecule has 0 fully saturated rings. The fraction of sp³-hybridized carbons (Fsp3) is 0.333. The number of hydrogen-bond acceptors (Lipinski definition) is 4. The number of aromatic nitrogens is 2. The molecule has 0 aliphatic carbocycles. The van der Waals surface area contributed by atoms with Gasteiger partial charge in [-0.25, -0.2) is 0 Å². The average Bonchev–Trinajstić information content (AvgIpc) is 2.75. The van der Waals surface area contributed by atoms with Crippen LogP contribution in [0.1, 0.15) is 19.7 Å². The first-order valence-electron chi connectivity index (χ1n) is 5.57. The SMILES string of the molecule is CC(C)NCc1noc(-c2ccc(Br)cc2Br)n1. The molecule has 1 N–H and O–H groups in total. The molecule has 1 aromatic heterocycles. The number of nitrogens with one attached hydrogen (secondary N) is 1. The van der Waals surface area contributed by atoms with Gasteiger partial charge >= 0.3 is 0 Å². The van der Waals surface area contributed by atoms with Crippen molar-refractivity contribution in [3.63, 3.8) is 0 Å². The predicted molar refractivity (Wildman–Crippen MR) is 77.1 cm³/mol. The van der Waals surface area contributed by atoms with Crippen LogP contribution in [0.15, 0.2) is 31.7 Å². The molecule has 0 spiro atoms. The summed E-state index contributed by atoms with van der Waals surface area (Å²) < 4.78 is 7.18. The summed E-state index contributed by atoms with van der Waals surface area (Å²) in [6.45, 7) is 4.76. The maximum Gasteiger partial charge on any atom is 0.259 e. The molecule has 0 bridgehead atoms. The second-order valence-corrected chi connectivity index (χ2v) is 5.95. The summed E-state index contributed by atoms with van der Waals surface area (Å²) in [7, 11) is 0. The molecule has 0 atom stereocenters. The summed E-state index contributed by atoms with van der Waals surface area (Å²) in [5.74, 6) is 1.18. The van der Waals surface area contributed by atoms with Gasteiger partial charge in [-0.3, -0.25) is 0 Å². The van der Waals surface area contributed by atoms with Crippen molar-refractivity contribution in [1.29, 1.82) is 0 Å². The Kier molecular flexibility index (Phi) is 4.53. The largest absolute Gasteiger partial charge is 0.334 e.